The van der Waals surface area contributed by atoms with Crippen molar-refractivity contribution in [3.8, 4) is 0 Å². The minimum atomic E-state index is 0.0137. The molecule has 6 nitrogen and oxygen atoms in total. The van der Waals surface area contributed by atoms with Crippen molar-refractivity contribution in [2.45, 2.75) is 24.9 Å². The molecule has 0 aromatic carbocycles. The molecule has 1 aliphatic rings. The van der Waals surface area contributed by atoms with E-state index in [2.05, 4.69) is 15.3 Å². The van der Waals surface area contributed by atoms with Gasteiger partial charge >= 0.3 is 0 Å². The Balaban J connectivity index is 2.46. The summed E-state index contributed by atoms with van der Waals surface area (Å²) in [4.78, 5) is 2.71. The van der Waals surface area contributed by atoms with Crippen LogP contribution in [0.3, 0.4) is 0 Å². The van der Waals surface area contributed by atoms with Crippen LogP contribution in [0.15, 0.2) is 5.11 Å². The lowest BCUT2D eigenvalue weighted by atomic mass is 9.88. The second kappa shape index (κ2) is 5.82. The number of aliphatic hydroxyl groups excluding tert-OH is 2. The molecule has 1 unspecified atom stereocenters. The van der Waals surface area contributed by atoms with Gasteiger partial charge in [-0.3, -0.25) is 0 Å². The summed E-state index contributed by atoms with van der Waals surface area (Å²) in [6, 6.07) is 0.0274. The Morgan fingerprint density at radius 3 is 2.29 bits per heavy atom. The molecule has 1 fully saturated rings. The van der Waals surface area contributed by atoms with Crippen molar-refractivity contribution < 1.29 is 10.2 Å². The summed E-state index contributed by atoms with van der Waals surface area (Å²) in [5.41, 5.74) is 8.19. The molecule has 0 aliphatic carbocycles. The van der Waals surface area contributed by atoms with Crippen LogP contribution in [-0.4, -0.2) is 42.1 Å². The maximum Gasteiger partial charge on any atom is 0.0584 e. The van der Waals surface area contributed by atoms with Crippen LogP contribution in [0.5, 0.6) is 0 Å². The molecule has 0 radical (unpaired) electrons. The molecule has 1 rings (SSSR count). The first-order valence-electron chi connectivity index (χ1n) is 4.78. The summed E-state index contributed by atoms with van der Waals surface area (Å²) < 4.78 is 0. The van der Waals surface area contributed by atoms with Crippen molar-refractivity contribution in [2.24, 2.45) is 11.0 Å². The van der Waals surface area contributed by atoms with Crippen LogP contribution in [0.25, 0.3) is 10.4 Å². The van der Waals surface area contributed by atoms with Crippen LogP contribution >= 0.6 is 0 Å². The minimum Gasteiger partial charge on any atom is -0.395 e. The molecule has 1 aliphatic heterocycles. The van der Waals surface area contributed by atoms with E-state index in [-0.39, 0.29) is 31.2 Å². The Bertz CT molecular complexity index is 205. The second-order valence-electron chi connectivity index (χ2n) is 3.68. The van der Waals surface area contributed by atoms with Gasteiger partial charge in [0.05, 0.1) is 13.2 Å². The Morgan fingerprint density at radius 1 is 1.29 bits per heavy atom. The van der Waals surface area contributed by atoms with Gasteiger partial charge in [-0.25, -0.2) is 0 Å². The summed E-state index contributed by atoms with van der Waals surface area (Å²) in [5.74, 6) is 0.265. The highest BCUT2D eigenvalue weighted by atomic mass is 16.3. The molecule has 0 bridgehead atoms. The van der Waals surface area contributed by atoms with Gasteiger partial charge in [0.2, 0.25) is 0 Å². The maximum atomic E-state index is 9.00. The molecular weight excluding hydrogens is 184 g/mol. The van der Waals surface area contributed by atoms with E-state index in [4.69, 9.17) is 15.7 Å². The lowest BCUT2D eigenvalue weighted by molar-refractivity contribution is 0.131. The fraction of sp³-hybridized carbons (Fsp3) is 1.00. The molecule has 80 valence electrons. The van der Waals surface area contributed by atoms with E-state index < -0.39 is 0 Å². The monoisotopic (exact) mass is 200 g/mol. The molecule has 3 N–H and O–H groups in total. The van der Waals surface area contributed by atoms with Crippen LogP contribution in [-0.2, 0) is 0 Å². The normalized spacial score (nSPS) is 32.3. The quantitative estimate of drug-likeness (QED) is 0.338. The van der Waals surface area contributed by atoms with Gasteiger partial charge in [-0.15, -0.1) is 0 Å². The van der Waals surface area contributed by atoms with Crippen LogP contribution < -0.4 is 5.32 Å². The fourth-order valence-corrected chi connectivity index (χ4v) is 1.93. The Kier molecular flexibility index (Phi) is 4.69. The summed E-state index contributed by atoms with van der Waals surface area (Å²) >= 11 is 0. The number of piperidine rings is 1. The molecule has 1 heterocycles. The molecule has 3 atom stereocenters. The van der Waals surface area contributed by atoms with Crippen LogP contribution in [0.2, 0.25) is 0 Å². The summed E-state index contributed by atoms with van der Waals surface area (Å²) in [5, 5.41) is 24.6. The lowest BCUT2D eigenvalue weighted by Crippen LogP contribution is -2.49. The van der Waals surface area contributed by atoms with E-state index in [1.807, 2.05) is 0 Å². The highest BCUT2D eigenvalue weighted by Crippen LogP contribution is 2.20. The number of hydrogen-bond acceptors (Lipinski definition) is 4. The molecule has 0 aromatic heterocycles. The van der Waals surface area contributed by atoms with E-state index in [1.165, 1.54) is 0 Å². The molecule has 14 heavy (non-hydrogen) atoms. The van der Waals surface area contributed by atoms with Gasteiger partial charge in [-0.05, 0) is 24.3 Å². The van der Waals surface area contributed by atoms with Gasteiger partial charge in [-0.2, -0.15) is 0 Å². The van der Waals surface area contributed by atoms with Crippen LogP contribution in [0, 0.1) is 5.92 Å². The highest BCUT2D eigenvalue weighted by molar-refractivity contribution is 4.85. The highest BCUT2D eigenvalue weighted by Gasteiger charge is 2.26. The smallest absolute Gasteiger partial charge is 0.0584 e. The number of nitrogens with one attached hydrogen (secondary N) is 1. The number of azide groups is 1. The zero-order valence-electron chi connectivity index (χ0n) is 8.00. The van der Waals surface area contributed by atoms with Gasteiger partial charge < -0.3 is 15.5 Å². The van der Waals surface area contributed by atoms with Gasteiger partial charge in [0.1, 0.15) is 0 Å². The zero-order chi connectivity index (χ0) is 10.4. The summed E-state index contributed by atoms with van der Waals surface area (Å²) in [7, 11) is 0. The Hall–Kier alpha value is -0.810. The Labute approximate surface area is 82.6 Å². The van der Waals surface area contributed by atoms with Gasteiger partial charge in [-0.1, -0.05) is 5.11 Å². The summed E-state index contributed by atoms with van der Waals surface area (Å²) in [6.45, 7) is 0.567. The first kappa shape index (κ1) is 11.3. The fourth-order valence-electron chi connectivity index (χ4n) is 1.93. The lowest BCUT2D eigenvalue weighted by Gasteiger charge is -2.34. The topological polar surface area (TPSA) is 101 Å². The Morgan fingerprint density at radius 2 is 1.86 bits per heavy atom. The van der Waals surface area contributed by atoms with Gasteiger partial charge in [0.25, 0.3) is 0 Å². The third kappa shape index (κ3) is 3.16. The number of rotatable bonds is 4. The molecule has 0 saturated carbocycles. The van der Waals surface area contributed by atoms with Crippen LogP contribution in [0.1, 0.15) is 12.8 Å². The van der Waals surface area contributed by atoms with E-state index in [1.54, 1.807) is 0 Å². The first-order valence-corrected chi connectivity index (χ1v) is 4.78. The van der Waals surface area contributed by atoms with Gasteiger partial charge in [0, 0.05) is 23.5 Å². The minimum absolute atomic E-state index is 0.0137. The van der Waals surface area contributed by atoms with Gasteiger partial charge in [0.15, 0.2) is 0 Å². The van der Waals surface area contributed by atoms with Crippen molar-refractivity contribution in [1.29, 1.82) is 0 Å². The number of aliphatic hydroxyl groups is 2. The first-order chi connectivity index (χ1) is 6.80. The standard InChI is InChI=1S/C8H16N4O2/c9-12-10-3-6-1-7(4-13)11-8(2-6)5-14/h6-8,11,13-14H,1-5H2/t6?,7-,8+. The molecule has 0 aromatic rings. The maximum absolute atomic E-state index is 9.00. The average Bonchev–Trinajstić information content (AvgIpc) is 2.25. The number of nitrogens with zero attached hydrogens (tertiary/aromatic N) is 3. The third-order valence-corrected chi connectivity index (χ3v) is 2.55. The van der Waals surface area contributed by atoms with Crippen molar-refractivity contribution in [3.63, 3.8) is 0 Å². The molecule has 1 saturated heterocycles. The van der Waals surface area contributed by atoms with E-state index in [0.29, 0.717) is 6.54 Å². The van der Waals surface area contributed by atoms with Crippen molar-refractivity contribution >= 4 is 0 Å². The molecule has 0 amide bonds. The zero-order valence-corrected chi connectivity index (χ0v) is 8.00. The van der Waals surface area contributed by atoms with Crippen LogP contribution in [0.4, 0.5) is 0 Å². The second-order valence-corrected chi connectivity index (χ2v) is 3.68. The average molecular weight is 200 g/mol. The summed E-state index contributed by atoms with van der Waals surface area (Å²) in [6.07, 6.45) is 1.60. The van der Waals surface area contributed by atoms with E-state index in [0.717, 1.165) is 12.8 Å². The molecular formula is C8H16N4O2. The van der Waals surface area contributed by atoms with E-state index >= 15 is 0 Å². The van der Waals surface area contributed by atoms with E-state index in [9.17, 15) is 0 Å². The third-order valence-electron chi connectivity index (χ3n) is 2.55. The van der Waals surface area contributed by atoms with Crippen molar-refractivity contribution in [2.75, 3.05) is 19.8 Å². The predicted molar refractivity (Wildman–Crippen MR) is 51.6 cm³/mol. The molecule has 0 spiro atoms. The number of hydrogen-bond donors (Lipinski definition) is 3. The van der Waals surface area contributed by atoms with Crippen molar-refractivity contribution in [3.05, 3.63) is 10.4 Å². The SMILES string of the molecule is [N-]=[N+]=NCC1C[C@@H](CO)N[C@@H](CO)C1. The van der Waals surface area contributed by atoms with Crippen molar-refractivity contribution in [1.82, 2.24) is 5.32 Å². The predicted octanol–water partition coefficient (Wildman–Crippen LogP) is 0.0181. The molecule has 6 heteroatoms. The largest absolute Gasteiger partial charge is 0.395 e.